The maximum absolute atomic E-state index is 12.3. The minimum absolute atomic E-state index is 0.0298. The number of aromatic nitrogens is 1. The van der Waals surface area contributed by atoms with Crippen LogP contribution >= 0.6 is 0 Å². The summed E-state index contributed by atoms with van der Waals surface area (Å²) in [5, 5.41) is 5.04. The molecule has 0 spiro atoms. The molecule has 3 amide bonds. The van der Waals surface area contributed by atoms with Crippen molar-refractivity contribution in [3.8, 4) is 0 Å². The third-order valence-electron chi connectivity index (χ3n) is 4.37. The van der Waals surface area contributed by atoms with Crippen LogP contribution in [0.5, 0.6) is 0 Å². The van der Waals surface area contributed by atoms with Crippen molar-refractivity contribution in [2.45, 2.75) is 20.1 Å². The maximum Gasteiger partial charge on any atom is 0.437 e. The predicted molar refractivity (Wildman–Crippen MR) is 119 cm³/mol. The van der Waals surface area contributed by atoms with Crippen LogP contribution in [0.2, 0.25) is 0 Å². The fraction of sp³-hybridized carbons (Fsp3) is 0.130. The summed E-state index contributed by atoms with van der Waals surface area (Å²) in [5.41, 5.74) is 8.74. The van der Waals surface area contributed by atoms with Crippen molar-refractivity contribution in [3.05, 3.63) is 94.8 Å². The van der Waals surface area contributed by atoms with Crippen LogP contribution < -0.4 is 16.4 Å². The highest BCUT2D eigenvalue weighted by molar-refractivity contribution is 6.07. The second-order valence-electron chi connectivity index (χ2n) is 6.95. The third-order valence-corrected chi connectivity index (χ3v) is 4.37. The van der Waals surface area contributed by atoms with Crippen molar-refractivity contribution in [1.29, 1.82) is 0 Å². The van der Waals surface area contributed by atoms with Gasteiger partial charge in [0.05, 0.1) is 0 Å². The van der Waals surface area contributed by atoms with Gasteiger partial charge in [0.15, 0.2) is 0 Å². The van der Waals surface area contributed by atoms with Gasteiger partial charge >= 0.3 is 6.09 Å². The average molecular weight is 433 g/mol. The molecule has 0 aliphatic carbocycles. The largest absolute Gasteiger partial charge is 0.443 e. The fourth-order valence-electron chi connectivity index (χ4n) is 2.82. The van der Waals surface area contributed by atoms with Gasteiger partial charge in [-0.1, -0.05) is 60.2 Å². The first-order valence-electron chi connectivity index (χ1n) is 9.79. The summed E-state index contributed by atoms with van der Waals surface area (Å²) in [5.74, 6) is -1.44. The zero-order chi connectivity index (χ0) is 22.9. The molecule has 0 aliphatic rings. The number of benzene rings is 2. The number of aliphatic imine (C=N–C) groups is 1. The van der Waals surface area contributed by atoms with Crippen molar-refractivity contribution in [2.24, 2.45) is 10.7 Å². The Morgan fingerprint density at radius 1 is 0.938 bits per heavy atom. The summed E-state index contributed by atoms with van der Waals surface area (Å²) < 4.78 is 4.97. The van der Waals surface area contributed by atoms with Gasteiger partial charge in [0.25, 0.3) is 11.8 Å². The topological polar surface area (TPSA) is 139 Å². The third kappa shape index (κ3) is 6.56. The normalized spacial score (nSPS) is 11.0. The number of carbonyl (C=O) groups excluding carboxylic acids is 3. The van der Waals surface area contributed by atoms with Gasteiger partial charge in [-0.15, -0.1) is 4.99 Å². The lowest BCUT2D eigenvalue weighted by molar-refractivity contribution is 0.0946. The smallest absolute Gasteiger partial charge is 0.437 e. The van der Waals surface area contributed by atoms with Crippen molar-refractivity contribution >= 4 is 23.9 Å². The molecule has 9 heteroatoms. The van der Waals surface area contributed by atoms with Crippen LogP contribution in [0.4, 0.5) is 4.79 Å². The molecular weight excluding hydrogens is 410 g/mol. The van der Waals surface area contributed by atoms with Gasteiger partial charge in [-0.3, -0.25) is 14.9 Å². The number of rotatable bonds is 6. The molecule has 0 atom stereocenters. The van der Waals surface area contributed by atoms with Gasteiger partial charge in [-0.2, -0.15) is 0 Å². The van der Waals surface area contributed by atoms with E-state index in [0.29, 0.717) is 6.54 Å². The van der Waals surface area contributed by atoms with Gasteiger partial charge in [0, 0.05) is 6.54 Å². The van der Waals surface area contributed by atoms with Gasteiger partial charge in [-0.05, 0) is 30.2 Å². The first kappa shape index (κ1) is 22.3. The van der Waals surface area contributed by atoms with Crippen molar-refractivity contribution in [2.75, 3.05) is 0 Å². The zero-order valence-corrected chi connectivity index (χ0v) is 17.4. The Hall–Kier alpha value is -4.40. The lowest BCUT2D eigenvalue weighted by Gasteiger charge is -2.05. The van der Waals surface area contributed by atoms with E-state index in [9.17, 15) is 14.4 Å². The number of hydrogen-bond donors (Lipinski definition) is 4. The number of aryl methyl sites for hydroxylation is 1. The second-order valence-corrected chi connectivity index (χ2v) is 6.95. The molecule has 1 aromatic heterocycles. The molecule has 3 rings (SSSR count). The lowest BCUT2D eigenvalue weighted by atomic mass is 10.1. The van der Waals surface area contributed by atoms with E-state index in [2.05, 4.69) is 20.6 Å². The quantitative estimate of drug-likeness (QED) is 0.350. The number of carbonyl (C=O) groups is 3. The molecule has 0 fully saturated rings. The Balaban J connectivity index is 1.50. The van der Waals surface area contributed by atoms with E-state index < -0.39 is 18.0 Å². The van der Waals surface area contributed by atoms with Crippen LogP contribution in [0.15, 0.2) is 71.7 Å². The van der Waals surface area contributed by atoms with Crippen LogP contribution in [0.25, 0.3) is 0 Å². The minimum Gasteiger partial charge on any atom is -0.443 e. The van der Waals surface area contributed by atoms with Gasteiger partial charge < -0.3 is 20.8 Å². The number of H-pyrrole nitrogens is 1. The molecule has 2 aromatic carbocycles. The highest BCUT2D eigenvalue weighted by Crippen LogP contribution is 2.06. The molecular formula is C23H23N5O4. The Morgan fingerprint density at radius 3 is 2.34 bits per heavy atom. The molecule has 5 N–H and O–H groups in total. The van der Waals surface area contributed by atoms with E-state index in [-0.39, 0.29) is 23.9 Å². The van der Waals surface area contributed by atoms with Gasteiger partial charge in [0.2, 0.25) is 5.96 Å². The number of nitrogens with two attached hydrogens (primary N) is 1. The van der Waals surface area contributed by atoms with E-state index in [1.165, 1.54) is 12.1 Å². The Labute approximate surface area is 184 Å². The molecule has 9 nitrogen and oxygen atoms in total. The fourth-order valence-corrected chi connectivity index (χ4v) is 2.82. The number of nitrogens with one attached hydrogen (secondary N) is 3. The van der Waals surface area contributed by atoms with E-state index in [0.717, 1.165) is 16.7 Å². The summed E-state index contributed by atoms with van der Waals surface area (Å²) in [4.78, 5) is 42.5. The van der Waals surface area contributed by atoms with Gasteiger partial charge in [0.1, 0.15) is 18.0 Å². The predicted octanol–water partition coefficient (Wildman–Crippen LogP) is 2.63. The lowest BCUT2D eigenvalue weighted by Crippen LogP contribution is -2.37. The number of ether oxygens (including phenoxy) is 1. The molecule has 0 saturated heterocycles. The minimum atomic E-state index is -0.936. The van der Waals surface area contributed by atoms with E-state index in [1.807, 2.05) is 49.4 Å². The SMILES string of the molecule is Cc1cccc(CNC(=O)c2ccc(C(=O)NC(N)=NC(=O)OCc3ccccc3)[nH]2)c1. The number of hydrogen-bond acceptors (Lipinski definition) is 4. The monoisotopic (exact) mass is 433 g/mol. The van der Waals surface area contributed by atoms with Gasteiger partial charge in [-0.25, -0.2) is 4.79 Å². The summed E-state index contributed by atoms with van der Waals surface area (Å²) in [6, 6.07) is 19.7. The summed E-state index contributed by atoms with van der Waals surface area (Å²) in [6.45, 7) is 2.35. The first-order chi connectivity index (χ1) is 15.4. The van der Waals surface area contributed by atoms with Crippen LogP contribution in [0.3, 0.4) is 0 Å². The highest BCUT2D eigenvalue weighted by Gasteiger charge is 2.14. The Morgan fingerprint density at radius 2 is 1.62 bits per heavy atom. The van der Waals surface area contributed by atoms with E-state index in [4.69, 9.17) is 10.5 Å². The van der Waals surface area contributed by atoms with Crippen molar-refractivity contribution < 1.29 is 19.1 Å². The van der Waals surface area contributed by atoms with Crippen molar-refractivity contribution in [1.82, 2.24) is 15.6 Å². The average Bonchev–Trinajstić information content (AvgIpc) is 3.27. The molecule has 1 heterocycles. The molecule has 0 aliphatic heterocycles. The molecule has 3 aromatic rings. The second kappa shape index (κ2) is 10.6. The number of guanidine groups is 1. The maximum atomic E-state index is 12.3. The summed E-state index contributed by atoms with van der Waals surface area (Å²) in [7, 11) is 0. The summed E-state index contributed by atoms with van der Waals surface area (Å²) in [6.07, 6.45) is -0.936. The summed E-state index contributed by atoms with van der Waals surface area (Å²) >= 11 is 0. The number of amides is 3. The highest BCUT2D eigenvalue weighted by atomic mass is 16.5. The number of nitrogens with zero attached hydrogens (tertiary/aromatic N) is 1. The van der Waals surface area contributed by atoms with Crippen LogP contribution in [0.1, 0.15) is 37.7 Å². The van der Waals surface area contributed by atoms with Crippen LogP contribution in [-0.2, 0) is 17.9 Å². The number of aromatic amines is 1. The van der Waals surface area contributed by atoms with Crippen LogP contribution in [-0.4, -0.2) is 28.9 Å². The zero-order valence-electron chi connectivity index (χ0n) is 17.4. The van der Waals surface area contributed by atoms with E-state index in [1.54, 1.807) is 12.1 Å². The van der Waals surface area contributed by atoms with Crippen molar-refractivity contribution in [3.63, 3.8) is 0 Å². The Bertz CT molecular complexity index is 1140. The molecule has 0 unspecified atom stereocenters. The molecule has 0 bridgehead atoms. The molecule has 0 saturated carbocycles. The first-order valence-corrected chi connectivity index (χ1v) is 9.79. The molecule has 0 radical (unpaired) electrons. The standard InChI is InChI=1S/C23H23N5O4/c1-15-6-5-9-17(12-15)13-25-20(29)18-10-11-19(26-18)21(30)27-22(24)28-23(31)32-14-16-7-3-2-4-8-16/h2-12,26H,13-14H2,1H3,(H,25,29)(H3,24,27,28,30,31). The van der Waals surface area contributed by atoms with E-state index >= 15 is 0 Å². The molecule has 164 valence electrons. The molecule has 32 heavy (non-hydrogen) atoms. The van der Waals surface area contributed by atoms with Crippen LogP contribution in [0, 0.1) is 6.92 Å². The Kier molecular flexibility index (Phi) is 7.37.